The maximum absolute atomic E-state index is 11.8. The van der Waals surface area contributed by atoms with Crippen LogP contribution in [0.5, 0.6) is 0 Å². The third kappa shape index (κ3) is 2.04. The highest BCUT2D eigenvalue weighted by molar-refractivity contribution is 5.75. The molecular formula is C16H22O3. The molecule has 3 heteroatoms. The fourth-order valence-corrected chi connectivity index (χ4v) is 3.67. The smallest absolute Gasteiger partial charge is 0.311 e. The lowest BCUT2D eigenvalue weighted by Gasteiger charge is -2.24. The van der Waals surface area contributed by atoms with Crippen LogP contribution >= 0.6 is 0 Å². The Morgan fingerprint density at radius 1 is 1.37 bits per heavy atom. The van der Waals surface area contributed by atoms with Crippen molar-refractivity contribution in [2.24, 2.45) is 29.1 Å². The Hall–Kier alpha value is -1.09. The van der Waals surface area contributed by atoms with E-state index in [9.17, 15) is 9.90 Å². The van der Waals surface area contributed by atoms with Gasteiger partial charge in [0.05, 0.1) is 11.5 Å². The Kier molecular flexibility index (Phi) is 2.86. The van der Waals surface area contributed by atoms with Crippen LogP contribution in [0.1, 0.15) is 27.2 Å². The molecule has 3 nitrogen and oxygen atoms in total. The van der Waals surface area contributed by atoms with Crippen molar-refractivity contribution in [3.63, 3.8) is 0 Å². The zero-order chi connectivity index (χ0) is 13.8. The number of hydrogen-bond donors (Lipinski definition) is 1. The minimum Gasteiger partial charge on any atom is -0.461 e. The monoisotopic (exact) mass is 262 g/mol. The fraction of sp³-hybridized carbons (Fsp3) is 0.688. The van der Waals surface area contributed by atoms with E-state index in [1.54, 1.807) is 0 Å². The summed E-state index contributed by atoms with van der Waals surface area (Å²) in [7, 11) is 0. The Morgan fingerprint density at radius 2 is 2.05 bits per heavy atom. The van der Waals surface area contributed by atoms with Crippen molar-refractivity contribution in [3.8, 4) is 0 Å². The molecule has 1 fully saturated rings. The molecule has 3 aliphatic rings. The first-order chi connectivity index (χ1) is 8.88. The van der Waals surface area contributed by atoms with Crippen molar-refractivity contribution in [1.29, 1.82) is 0 Å². The highest BCUT2D eigenvalue weighted by Gasteiger charge is 2.51. The van der Waals surface area contributed by atoms with Crippen molar-refractivity contribution >= 4 is 5.97 Å². The van der Waals surface area contributed by atoms with E-state index >= 15 is 0 Å². The summed E-state index contributed by atoms with van der Waals surface area (Å²) in [5.41, 5.74) is 0.409. The van der Waals surface area contributed by atoms with Gasteiger partial charge in [-0.1, -0.05) is 18.2 Å². The Balaban J connectivity index is 1.65. The first-order valence-electron chi connectivity index (χ1n) is 7.12. The molecule has 0 radical (unpaired) electrons. The highest BCUT2D eigenvalue weighted by atomic mass is 16.5. The van der Waals surface area contributed by atoms with Gasteiger partial charge in [-0.2, -0.15) is 0 Å². The number of esters is 1. The molecule has 1 N–H and O–H groups in total. The van der Waals surface area contributed by atoms with Crippen molar-refractivity contribution in [2.75, 3.05) is 6.61 Å². The zero-order valence-electron chi connectivity index (χ0n) is 11.8. The standard InChI is InChI=1S/C16H22O3/c1-16(2,3)15(18)19-8-11-7-12-9-4-5-10(6-9)13(12)14(11)17/h4-5,7,9-10,12-14,17H,6,8H2,1-3H3/t9-,10+,12-,13+,14-/m1/s1. The summed E-state index contributed by atoms with van der Waals surface area (Å²) in [5, 5.41) is 10.4. The molecule has 2 bridgehead atoms. The Labute approximate surface area is 114 Å². The van der Waals surface area contributed by atoms with Crippen molar-refractivity contribution in [3.05, 3.63) is 23.8 Å². The van der Waals surface area contributed by atoms with Gasteiger partial charge in [-0.25, -0.2) is 0 Å². The lowest BCUT2D eigenvalue weighted by Crippen LogP contribution is -2.28. The SMILES string of the molecule is CC(C)(C)C(=O)OCC1=C[C@H]2[C@@H]([C@@H]1O)[C@H]1C=C[C@@H]2C1. The lowest BCUT2D eigenvalue weighted by molar-refractivity contribution is -0.152. The van der Waals surface area contributed by atoms with E-state index in [4.69, 9.17) is 4.74 Å². The Bertz CT molecular complexity index is 455. The van der Waals surface area contributed by atoms with E-state index in [0.717, 1.165) is 5.57 Å². The third-order valence-electron chi connectivity index (χ3n) is 4.72. The van der Waals surface area contributed by atoms with Gasteiger partial charge in [0.25, 0.3) is 0 Å². The van der Waals surface area contributed by atoms with Crippen LogP contribution in [0.25, 0.3) is 0 Å². The van der Waals surface area contributed by atoms with Crippen LogP contribution in [0.4, 0.5) is 0 Å². The number of aliphatic hydroxyl groups is 1. The minimum atomic E-state index is -0.486. The van der Waals surface area contributed by atoms with Crippen LogP contribution in [-0.4, -0.2) is 23.8 Å². The lowest BCUT2D eigenvalue weighted by atomic mass is 9.84. The second-order valence-corrected chi connectivity index (χ2v) is 7.12. The van der Waals surface area contributed by atoms with Gasteiger partial charge in [0.1, 0.15) is 6.61 Å². The molecule has 19 heavy (non-hydrogen) atoms. The summed E-state index contributed by atoms with van der Waals surface area (Å²) in [6, 6.07) is 0. The van der Waals surface area contributed by atoms with Gasteiger partial charge < -0.3 is 9.84 Å². The summed E-state index contributed by atoms with van der Waals surface area (Å²) in [6.07, 6.45) is 7.42. The third-order valence-corrected chi connectivity index (χ3v) is 4.72. The fourth-order valence-electron chi connectivity index (χ4n) is 3.67. The van der Waals surface area contributed by atoms with Crippen LogP contribution in [0, 0.1) is 29.1 Å². The predicted molar refractivity (Wildman–Crippen MR) is 72.2 cm³/mol. The van der Waals surface area contributed by atoms with E-state index in [-0.39, 0.29) is 12.6 Å². The minimum absolute atomic E-state index is 0.209. The van der Waals surface area contributed by atoms with Crippen molar-refractivity contribution in [2.45, 2.75) is 33.3 Å². The molecule has 3 rings (SSSR count). The highest BCUT2D eigenvalue weighted by Crippen LogP contribution is 2.54. The number of rotatable bonds is 2. The second-order valence-electron chi connectivity index (χ2n) is 7.12. The number of aliphatic hydroxyl groups excluding tert-OH is 1. The van der Waals surface area contributed by atoms with E-state index in [0.29, 0.717) is 23.7 Å². The molecule has 1 saturated carbocycles. The molecular weight excluding hydrogens is 240 g/mol. The predicted octanol–water partition coefficient (Wildman–Crippen LogP) is 2.31. The van der Waals surface area contributed by atoms with Crippen molar-refractivity contribution in [1.82, 2.24) is 0 Å². The maximum Gasteiger partial charge on any atom is 0.311 e. The molecule has 0 aromatic heterocycles. The summed E-state index contributed by atoms with van der Waals surface area (Å²) < 4.78 is 5.33. The molecule has 0 amide bonds. The summed E-state index contributed by atoms with van der Waals surface area (Å²) >= 11 is 0. The molecule has 3 aliphatic carbocycles. The Morgan fingerprint density at radius 3 is 2.68 bits per heavy atom. The number of ether oxygens (including phenoxy) is 1. The first kappa shape index (κ1) is 12.9. The molecule has 0 spiro atoms. The van der Waals surface area contributed by atoms with Crippen LogP contribution in [-0.2, 0) is 9.53 Å². The van der Waals surface area contributed by atoms with E-state index < -0.39 is 11.5 Å². The molecule has 0 heterocycles. The quantitative estimate of drug-likeness (QED) is 0.613. The van der Waals surface area contributed by atoms with Crippen LogP contribution < -0.4 is 0 Å². The normalized spacial score (nSPS) is 39.4. The number of carbonyl (C=O) groups excluding carboxylic acids is 1. The molecule has 0 unspecified atom stereocenters. The average molecular weight is 262 g/mol. The van der Waals surface area contributed by atoms with E-state index in [2.05, 4.69) is 18.2 Å². The van der Waals surface area contributed by atoms with Crippen LogP contribution in [0.3, 0.4) is 0 Å². The van der Waals surface area contributed by atoms with Gasteiger partial charge >= 0.3 is 5.97 Å². The largest absolute Gasteiger partial charge is 0.461 e. The van der Waals surface area contributed by atoms with Crippen molar-refractivity contribution < 1.29 is 14.6 Å². The summed E-state index contributed by atoms with van der Waals surface area (Å²) in [5.74, 6) is 1.66. The molecule has 0 saturated heterocycles. The molecule has 0 aliphatic heterocycles. The van der Waals surface area contributed by atoms with Crippen LogP contribution in [0.15, 0.2) is 23.8 Å². The number of hydrogen-bond acceptors (Lipinski definition) is 3. The molecule has 104 valence electrons. The zero-order valence-corrected chi connectivity index (χ0v) is 11.8. The first-order valence-corrected chi connectivity index (χ1v) is 7.12. The maximum atomic E-state index is 11.8. The van der Waals surface area contributed by atoms with Gasteiger partial charge in [-0.3, -0.25) is 4.79 Å². The topological polar surface area (TPSA) is 46.5 Å². The second kappa shape index (κ2) is 4.20. The average Bonchev–Trinajstić information content (AvgIpc) is 2.98. The van der Waals surface area contributed by atoms with Gasteiger partial charge in [0.15, 0.2) is 0 Å². The summed E-state index contributed by atoms with van der Waals surface area (Å²) in [6.45, 7) is 5.76. The van der Waals surface area contributed by atoms with Gasteiger partial charge in [0.2, 0.25) is 0 Å². The van der Waals surface area contributed by atoms with E-state index in [1.165, 1.54) is 6.42 Å². The number of carbonyl (C=O) groups is 1. The molecule has 0 aromatic carbocycles. The van der Waals surface area contributed by atoms with E-state index in [1.807, 2.05) is 20.8 Å². The number of fused-ring (bicyclic) bond motifs is 5. The van der Waals surface area contributed by atoms with Gasteiger partial charge in [-0.05, 0) is 50.5 Å². The number of allylic oxidation sites excluding steroid dienone is 3. The summed E-state index contributed by atoms with van der Waals surface area (Å²) in [4.78, 5) is 11.8. The molecule has 5 atom stereocenters. The molecule has 0 aromatic rings. The van der Waals surface area contributed by atoms with Gasteiger partial charge in [-0.15, -0.1) is 0 Å². The van der Waals surface area contributed by atoms with Crippen LogP contribution in [0.2, 0.25) is 0 Å². The van der Waals surface area contributed by atoms with Gasteiger partial charge in [0, 0.05) is 5.92 Å².